The van der Waals surface area contributed by atoms with Crippen LogP contribution < -0.4 is 5.73 Å². The van der Waals surface area contributed by atoms with Crippen LogP contribution in [0.15, 0.2) is 36.4 Å². The quantitative estimate of drug-likeness (QED) is 0.647. The van der Waals surface area contributed by atoms with Gasteiger partial charge in [-0.2, -0.15) is 0 Å². The molecule has 0 fully saturated rings. The molecule has 66 valence electrons. The zero-order valence-electron chi connectivity index (χ0n) is 7.20. The van der Waals surface area contributed by atoms with Crippen LogP contribution in [0.2, 0.25) is 0 Å². The van der Waals surface area contributed by atoms with Gasteiger partial charge < -0.3 is 10.8 Å². The van der Waals surface area contributed by atoms with Gasteiger partial charge in [-0.15, -0.1) is 0 Å². The van der Waals surface area contributed by atoms with Crippen molar-refractivity contribution < 1.29 is 5.11 Å². The summed E-state index contributed by atoms with van der Waals surface area (Å²) >= 11 is 0. The van der Waals surface area contributed by atoms with Crippen LogP contribution in [0.1, 0.15) is 5.56 Å². The van der Waals surface area contributed by atoms with Gasteiger partial charge in [-0.3, -0.25) is 0 Å². The number of nitrogen functional groups attached to an aromatic ring is 1. The average Bonchev–Trinajstić information content (AvgIpc) is 2.19. The lowest BCUT2D eigenvalue weighted by Crippen LogP contribution is -1.94. The second-order valence-electron chi connectivity index (χ2n) is 3.02. The highest BCUT2D eigenvalue weighted by molar-refractivity contribution is 5.94. The van der Waals surface area contributed by atoms with Gasteiger partial charge in [-0.25, -0.2) is 0 Å². The van der Waals surface area contributed by atoms with Crippen molar-refractivity contribution in [3.8, 4) is 0 Å². The normalized spacial score (nSPS) is 10.5. The standard InChI is InChI=1S/C11H11NO/c12-11-9(7-13)6-5-8-3-1-2-4-10(8)11/h1-6,13H,7,12H2. The molecule has 0 aliphatic carbocycles. The maximum atomic E-state index is 9.00. The second kappa shape index (κ2) is 3.07. The first kappa shape index (κ1) is 8.08. The number of aliphatic hydroxyl groups excluding tert-OH is 1. The van der Waals surface area contributed by atoms with Crippen molar-refractivity contribution in [2.45, 2.75) is 6.61 Å². The Morgan fingerprint density at radius 2 is 1.85 bits per heavy atom. The molecule has 13 heavy (non-hydrogen) atoms. The molecule has 0 heterocycles. The summed E-state index contributed by atoms with van der Waals surface area (Å²) in [7, 11) is 0. The molecule has 0 radical (unpaired) electrons. The van der Waals surface area contributed by atoms with Crippen molar-refractivity contribution in [1.82, 2.24) is 0 Å². The van der Waals surface area contributed by atoms with Crippen molar-refractivity contribution >= 4 is 16.5 Å². The molecule has 0 aromatic heterocycles. The molecule has 0 spiro atoms. The fourth-order valence-corrected chi connectivity index (χ4v) is 1.48. The molecule has 0 bridgehead atoms. The SMILES string of the molecule is Nc1c(CO)ccc2ccccc12. The van der Waals surface area contributed by atoms with Crippen LogP contribution in [0.5, 0.6) is 0 Å². The van der Waals surface area contributed by atoms with Crippen molar-refractivity contribution in [3.63, 3.8) is 0 Å². The minimum Gasteiger partial charge on any atom is -0.398 e. The third kappa shape index (κ3) is 1.25. The first-order chi connectivity index (χ1) is 6.33. The van der Waals surface area contributed by atoms with Gasteiger partial charge in [0.15, 0.2) is 0 Å². The minimum absolute atomic E-state index is 0.00331. The molecule has 2 aromatic carbocycles. The number of benzene rings is 2. The number of nitrogens with two attached hydrogens (primary N) is 1. The van der Waals surface area contributed by atoms with E-state index in [0.29, 0.717) is 5.69 Å². The molecule has 0 saturated heterocycles. The Hall–Kier alpha value is -1.54. The number of rotatable bonds is 1. The van der Waals surface area contributed by atoms with Crippen molar-refractivity contribution in [2.75, 3.05) is 5.73 Å². The average molecular weight is 173 g/mol. The number of fused-ring (bicyclic) bond motifs is 1. The molecule has 0 amide bonds. The first-order valence-corrected chi connectivity index (χ1v) is 4.20. The summed E-state index contributed by atoms with van der Waals surface area (Å²) in [6.45, 7) is -0.00331. The van der Waals surface area contributed by atoms with E-state index in [9.17, 15) is 0 Å². The number of aliphatic hydroxyl groups is 1. The minimum atomic E-state index is -0.00331. The summed E-state index contributed by atoms with van der Waals surface area (Å²) in [5, 5.41) is 11.1. The smallest absolute Gasteiger partial charge is 0.0702 e. The summed E-state index contributed by atoms with van der Waals surface area (Å²) in [4.78, 5) is 0. The molecule has 2 aromatic rings. The van der Waals surface area contributed by atoms with E-state index in [2.05, 4.69) is 0 Å². The van der Waals surface area contributed by atoms with Gasteiger partial charge in [0.2, 0.25) is 0 Å². The van der Waals surface area contributed by atoms with Gasteiger partial charge in [0.05, 0.1) is 6.61 Å². The largest absolute Gasteiger partial charge is 0.398 e. The van der Waals surface area contributed by atoms with Crippen LogP contribution in [0.3, 0.4) is 0 Å². The zero-order chi connectivity index (χ0) is 9.26. The zero-order valence-corrected chi connectivity index (χ0v) is 7.20. The van der Waals surface area contributed by atoms with E-state index >= 15 is 0 Å². The summed E-state index contributed by atoms with van der Waals surface area (Å²) in [5.74, 6) is 0. The molecule has 0 unspecified atom stereocenters. The number of hydrogen-bond acceptors (Lipinski definition) is 2. The number of anilines is 1. The van der Waals surface area contributed by atoms with Crippen LogP contribution in [-0.4, -0.2) is 5.11 Å². The van der Waals surface area contributed by atoms with Crippen LogP contribution in [0.25, 0.3) is 10.8 Å². The molecule has 0 aliphatic rings. The molecular formula is C11H11NO. The topological polar surface area (TPSA) is 46.2 Å². The van der Waals surface area contributed by atoms with Crippen molar-refractivity contribution in [1.29, 1.82) is 0 Å². The van der Waals surface area contributed by atoms with Gasteiger partial charge in [0.25, 0.3) is 0 Å². The first-order valence-electron chi connectivity index (χ1n) is 4.20. The molecule has 2 rings (SSSR count). The Balaban J connectivity index is 2.79. The van der Waals surface area contributed by atoms with Crippen LogP contribution in [0.4, 0.5) is 5.69 Å². The van der Waals surface area contributed by atoms with E-state index in [-0.39, 0.29) is 6.61 Å². The highest BCUT2D eigenvalue weighted by Crippen LogP contribution is 2.24. The Morgan fingerprint density at radius 3 is 2.62 bits per heavy atom. The summed E-state index contributed by atoms with van der Waals surface area (Å²) < 4.78 is 0. The molecule has 0 atom stereocenters. The van der Waals surface area contributed by atoms with Gasteiger partial charge >= 0.3 is 0 Å². The van der Waals surface area contributed by atoms with Crippen molar-refractivity contribution in [2.24, 2.45) is 0 Å². The van der Waals surface area contributed by atoms with E-state index in [1.54, 1.807) is 0 Å². The fraction of sp³-hybridized carbons (Fsp3) is 0.0909. The number of hydrogen-bond donors (Lipinski definition) is 2. The van der Waals surface area contributed by atoms with Crippen molar-refractivity contribution in [3.05, 3.63) is 42.0 Å². The van der Waals surface area contributed by atoms with Crippen LogP contribution in [-0.2, 0) is 6.61 Å². The molecule has 2 nitrogen and oxygen atoms in total. The Labute approximate surface area is 76.6 Å². The molecule has 0 aliphatic heterocycles. The third-order valence-corrected chi connectivity index (χ3v) is 2.23. The fourth-order valence-electron chi connectivity index (χ4n) is 1.48. The van der Waals surface area contributed by atoms with Crippen LogP contribution >= 0.6 is 0 Å². The summed E-state index contributed by atoms with van der Waals surface area (Å²) in [6.07, 6.45) is 0. The Kier molecular flexibility index (Phi) is 1.91. The van der Waals surface area contributed by atoms with E-state index in [4.69, 9.17) is 10.8 Å². The lowest BCUT2D eigenvalue weighted by molar-refractivity contribution is 0.282. The van der Waals surface area contributed by atoms with E-state index in [1.807, 2.05) is 36.4 Å². The maximum absolute atomic E-state index is 9.00. The molecule has 2 heteroatoms. The Morgan fingerprint density at radius 1 is 1.08 bits per heavy atom. The lowest BCUT2D eigenvalue weighted by atomic mass is 10.0. The van der Waals surface area contributed by atoms with Crippen LogP contribution in [0, 0.1) is 0 Å². The monoisotopic (exact) mass is 173 g/mol. The molecule has 3 N–H and O–H groups in total. The summed E-state index contributed by atoms with van der Waals surface area (Å²) in [6, 6.07) is 11.7. The predicted molar refractivity (Wildman–Crippen MR) is 54.3 cm³/mol. The second-order valence-corrected chi connectivity index (χ2v) is 3.02. The Bertz CT molecular complexity index is 437. The van der Waals surface area contributed by atoms with Gasteiger partial charge in [0.1, 0.15) is 0 Å². The van der Waals surface area contributed by atoms with E-state index < -0.39 is 0 Å². The third-order valence-electron chi connectivity index (χ3n) is 2.23. The maximum Gasteiger partial charge on any atom is 0.0702 e. The van der Waals surface area contributed by atoms with E-state index in [0.717, 1.165) is 16.3 Å². The van der Waals surface area contributed by atoms with Gasteiger partial charge in [-0.05, 0) is 5.39 Å². The lowest BCUT2D eigenvalue weighted by Gasteiger charge is -2.05. The highest BCUT2D eigenvalue weighted by atomic mass is 16.3. The molecule has 0 saturated carbocycles. The van der Waals surface area contributed by atoms with E-state index in [1.165, 1.54) is 0 Å². The van der Waals surface area contributed by atoms with Gasteiger partial charge in [-0.1, -0.05) is 36.4 Å². The molecular weight excluding hydrogens is 162 g/mol. The van der Waals surface area contributed by atoms with Gasteiger partial charge in [0, 0.05) is 16.6 Å². The highest BCUT2D eigenvalue weighted by Gasteiger charge is 2.01. The predicted octanol–water partition coefficient (Wildman–Crippen LogP) is 1.91. The summed E-state index contributed by atoms with van der Waals surface area (Å²) in [5.41, 5.74) is 7.34.